The highest BCUT2D eigenvalue weighted by Gasteiger charge is 2.25. The Bertz CT molecular complexity index is 1140. The Morgan fingerprint density at radius 2 is 1.93 bits per heavy atom. The van der Waals surface area contributed by atoms with E-state index in [0.717, 1.165) is 4.57 Å². The standard InChI is InChI=1S/C19H22N4O5/c1-5-21-17(24)15-16(20-11-22(15)12(3)18(25)28-6-2)23(19(21)26)13-9-7-8-10-14(13)27-4/h7-12H,5-6H2,1-4H3. The van der Waals surface area contributed by atoms with Gasteiger partial charge in [0.15, 0.2) is 11.2 Å². The van der Waals surface area contributed by atoms with Gasteiger partial charge in [-0.2, -0.15) is 0 Å². The van der Waals surface area contributed by atoms with Gasteiger partial charge in [0.05, 0.1) is 25.7 Å². The quantitative estimate of drug-likeness (QED) is 0.596. The number of hydrogen-bond donors (Lipinski definition) is 0. The van der Waals surface area contributed by atoms with Crippen LogP contribution >= 0.6 is 0 Å². The second kappa shape index (κ2) is 7.71. The third-order valence-corrected chi connectivity index (χ3v) is 4.54. The summed E-state index contributed by atoms with van der Waals surface area (Å²) in [4.78, 5) is 42.5. The molecular formula is C19H22N4O5. The van der Waals surface area contributed by atoms with Crippen molar-refractivity contribution < 1.29 is 14.3 Å². The van der Waals surface area contributed by atoms with Crippen LogP contribution in [-0.2, 0) is 16.1 Å². The van der Waals surface area contributed by atoms with Gasteiger partial charge in [0.2, 0.25) is 0 Å². The van der Waals surface area contributed by atoms with E-state index in [9.17, 15) is 14.4 Å². The Kier molecular flexibility index (Phi) is 5.34. The summed E-state index contributed by atoms with van der Waals surface area (Å²) in [5.74, 6) is -0.0283. The number of ether oxygens (including phenoxy) is 2. The molecule has 9 nitrogen and oxygen atoms in total. The number of benzene rings is 1. The van der Waals surface area contributed by atoms with Crippen LogP contribution in [0.5, 0.6) is 5.75 Å². The smallest absolute Gasteiger partial charge is 0.337 e. The van der Waals surface area contributed by atoms with Crippen molar-refractivity contribution in [2.45, 2.75) is 33.4 Å². The number of imidazole rings is 1. The fourth-order valence-electron chi connectivity index (χ4n) is 3.13. The zero-order valence-corrected chi connectivity index (χ0v) is 16.2. The molecule has 0 spiro atoms. The van der Waals surface area contributed by atoms with Crippen LogP contribution in [0.4, 0.5) is 0 Å². The molecule has 9 heteroatoms. The maximum atomic E-state index is 13.0. The van der Waals surface area contributed by atoms with Crippen molar-refractivity contribution in [2.75, 3.05) is 13.7 Å². The van der Waals surface area contributed by atoms with Crippen molar-refractivity contribution in [3.8, 4) is 11.4 Å². The summed E-state index contributed by atoms with van der Waals surface area (Å²) in [7, 11) is 1.50. The molecule has 0 saturated carbocycles. The van der Waals surface area contributed by atoms with Crippen LogP contribution in [0.25, 0.3) is 16.9 Å². The van der Waals surface area contributed by atoms with E-state index in [1.165, 1.54) is 22.6 Å². The summed E-state index contributed by atoms with van der Waals surface area (Å²) >= 11 is 0. The van der Waals surface area contributed by atoms with Crippen molar-refractivity contribution >= 4 is 17.1 Å². The predicted molar refractivity (Wildman–Crippen MR) is 103 cm³/mol. The molecule has 0 radical (unpaired) electrons. The third kappa shape index (κ3) is 2.98. The number of nitrogens with zero attached hydrogens (tertiary/aromatic N) is 4. The van der Waals surface area contributed by atoms with Crippen molar-refractivity contribution in [1.29, 1.82) is 0 Å². The van der Waals surface area contributed by atoms with Gasteiger partial charge in [0.25, 0.3) is 5.56 Å². The Morgan fingerprint density at radius 3 is 2.57 bits per heavy atom. The van der Waals surface area contributed by atoms with Crippen LogP contribution in [-0.4, -0.2) is 38.4 Å². The van der Waals surface area contributed by atoms with Gasteiger partial charge < -0.3 is 14.0 Å². The van der Waals surface area contributed by atoms with Gasteiger partial charge >= 0.3 is 11.7 Å². The molecular weight excluding hydrogens is 364 g/mol. The first-order chi connectivity index (χ1) is 13.5. The minimum absolute atomic E-state index is 0.146. The van der Waals surface area contributed by atoms with Gasteiger partial charge in [-0.3, -0.25) is 9.36 Å². The highest BCUT2D eigenvalue weighted by atomic mass is 16.5. The number of esters is 1. The van der Waals surface area contributed by atoms with Crippen LogP contribution < -0.4 is 16.0 Å². The lowest BCUT2D eigenvalue weighted by atomic mass is 10.2. The fraction of sp³-hybridized carbons (Fsp3) is 0.368. The summed E-state index contributed by atoms with van der Waals surface area (Å²) in [6.07, 6.45) is 1.37. The Labute approximate surface area is 160 Å². The minimum Gasteiger partial charge on any atom is -0.495 e. The molecule has 2 heterocycles. The highest BCUT2D eigenvalue weighted by Crippen LogP contribution is 2.24. The summed E-state index contributed by atoms with van der Waals surface area (Å²) in [5, 5.41) is 0. The van der Waals surface area contributed by atoms with E-state index < -0.39 is 23.3 Å². The summed E-state index contributed by atoms with van der Waals surface area (Å²) < 4.78 is 14.3. The minimum atomic E-state index is -0.772. The molecule has 28 heavy (non-hydrogen) atoms. The monoisotopic (exact) mass is 386 g/mol. The molecule has 0 aliphatic rings. The van der Waals surface area contributed by atoms with Crippen molar-refractivity contribution in [3.05, 3.63) is 51.4 Å². The van der Waals surface area contributed by atoms with E-state index in [1.54, 1.807) is 45.0 Å². The second-order valence-corrected chi connectivity index (χ2v) is 6.09. The van der Waals surface area contributed by atoms with Gasteiger partial charge in [-0.05, 0) is 32.9 Å². The highest BCUT2D eigenvalue weighted by molar-refractivity contribution is 5.79. The van der Waals surface area contributed by atoms with Gasteiger partial charge in [-0.1, -0.05) is 12.1 Å². The average molecular weight is 386 g/mol. The van der Waals surface area contributed by atoms with E-state index in [1.807, 2.05) is 0 Å². The number of hydrogen-bond acceptors (Lipinski definition) is 6. The number of aromatic nitrogens is 4. The Hall–Kier alpha value is -3.36. The molecule has 0 aliphatic heterocycles. The predicted octanol–water partition coefficient (Wildman–Crippen LogP) is 1.50. The Balaban J connectivity index is 2.40. The lowest BCUT2D eigenvalue weighted by Gasteiger charge is -2.16. The largest absolute Gasteiger partial charge is 0.495 e. The lowest BCUT2D eigenvalue weighted by molar-refractivity contribution is -0.146. The fourth-order valence-corrected chi connectivity index (χ4v) is 3.13. The van der Waals surface area contributed by atoms with Gasteiger partial charge in [0.1, 0.15) is 11.8 Å². The number of carbonyl (C=O) groups excluding carboxylic acids is 1. The normalized spacial score (nSPS) is 12.1. The molecule has 0 fully saturated rings. The van der Waals surface area contributed by atoms with Gasteiger partial charge in [-0.25, -0.2) is 19.1 Å². The molecule has 0 bridgehead atoms. The first-order valence-corrected chi connectivity index (χ1v) is 8.98. The van der Waals surface area contributed by atoms with E-state index in [2.05, 4.69) is 4.98 Å². The molecule has 1 atom stereocenters. The summed E-state index contributed by atoms with van der Waals surface area (Å²) in [6.45, 7) is 5.42. The molecule has 3 aromatic rings. The van der Waals surface area contributed by atoms with Crippen molar-refractivity contribution in [3.63, 3.8) is 0 Å². The molecule has 0 aliphatic carbocycles. The number of rotatable bonds is 6. The lowest BCUT2D eigenvalue weighted by Crippen LogP contribution is -2.40. The van der Waals surface area contributed by atoms with Crippen LogP contribution in [0.3, 0.4) is 0 Å². The molecule has 0 N–H and O–H groups in total. The summed E-state index contributed by atoms with van der Waals surface area (Å²) in [6, 6.07) is 6.19. The first-order valence-electron chi connectivity index (χ1n) is 8.98. The second-order valence-electron chi connectivity index (χ2n) is 6.09. The van der Waals surface area contributed by atoms with E-state index >= 15 is 0 Å². The van der Waals surface area contributed by atoms with Gasteiger partial charge in [-0.15, -0.1) is 0 Å². The number of methoxy groups -OCH3 is 1. The number of carbonyl (C=O) groups is 1. The maximum Gasteiger partial charge on any atom is 0.337 e. The van der Waals surface area contributed by atoms with E-state index in [-0.39, 0.29) is 24.3 Å². The van der Waals surface area contributed by atoms with Crippen LogP contribution in [0, 0.1) is 0 Å². The molecule has 1 aromatic carbocycles. The van der Waals surface area contributed by atoms with Crippen LogP contribution in [0.2, 0.25) is 0 Å². The first kappa shape index (κ1) is 19.4. The van der Waals surface area contributed by atoms with Gasteiger partial charge in [0, 0.05) is 6.54 Å². The van der Waals surface area contributed by atoms with Crippen LogP contribution in [0.15, 0.2) is 40.2 Å². The molecule has 3 rings (SSSR count). The topological polar surface area (TPSA) is 97.4 Å². The van der Waals surface area contributed by atoms with Crippen molar-refractivity contribution in [2.24, 2.45) is 0 Å². The maximum absolute atomic E-state index is 13.0. The van der Waals surface area contributed by atoms with E-state index in [0.29, 0.717) is 11.4 Å². The SMILES string of the molecule is CCOC(=O)C(C)n1cnc2c1c(=O)n(CC)c(=O)n2-c1ccccc1OC. The average Bonchev–Trinajstić information content (AvgIpc) is 3.13. The molecule has 0 saturated heterocycles. The molecule has 148 valence electrons. The summed E-state index contributed by atoms with van der Waals surface area (Å²) in [5.41, 5.74) is -0.287. The number of fused-ring (bicyclic) bond motifs is 1. The molecule has 1 unspecified atom stereocenters. The van der Waals surface area contributed by atoms with E-state index in [4.69, 9.17) is 9.47 Å². The Morgan fingerprint density at radius 1 is 1.21 bits per heavy atom. The molecule has 0 amide bonds. The zero-order chi connectivity index (χ0) is 20.4. The third-order valence-electron chi connectivity index (χ3n) is 4.54. The van der Waals surface area contributed by atoms with Crippen molar-refractivity contribution in [1.82, 2.24) is 18.7 Å². The zero-order valence-electron chi connectivity index (χ0n) is 16.2. The number of para-hydroxylation sites is 2. The molecule has 2 aromatic heterocycles. The van der Waals surface area contributed by atoms with Crippen LogP contribution in [0.1, 0.15) is 26.8 Å².